The van der Waals surface area contributed by atoms with Gasteiger partial charge in [-0.15, -0.1) is 6.54 Å². The first-order valence-corrected chi connectivity index (χ1v) is 12.0. The van der Waals surface area contributed by atoms with Crippen LogP contribution in [-0.4, -0.2) is 26.5 Å². The van der Waals surface area contributed by atoms with Crippen LogP contribution >= 0.6 is 0 Å². The van der Waals surface area contributed by atoms with E-state index in [4.69, 9.17) is 14.4 Å². The van der Waals surface area contributed by atoms with E-state index in [-0.39, 0.29) is 5.41 Å². The first-order chi connectivity index (χ1) is 17.6. The van der Waals surface area contributed by atoms with Crippen LogP contribution in [0.1, 0.15) is 30.7 Å². The zero-order chi connectivity index (χ0) is 24.3. The molecule has 2 aliphatic rings. The minimum Gasteiger partial charge on any atom is -0.648 e. The van der Waals surface area contributed by atoms with E-state index in [0.29, 0.717) is 29.8 Å². The molecule has 0 atom stereocenters. The molecule has 4 heterocycles. The number of hydrogen-bond acceptors (Lipinski definition) is 5. The van der Waals surface area contributed by atoms with Crippen molar-refractivity contribution in [3.05, 3.63) is 101 Å². The van der Waals surface area contributed by atoms with Crippen LogP contribution in [0.2, 0.25) is 0 Å². The maximum Gasteiger partial charge on any atom is 0.244 e. The molecule has 0 radical (unpaired) electrons. The highest BCUT2D eigenvalue weighted by molar-refractivity contribution is 5.86. The molecule has 6 heteroatoms. The molecular formula is C30H22N5O-. The minimum atomic E-state index is -0.215. The van der Waals surface area contributed by atoms with Gasteiger partial charge in [0, 0.05) is 33.9 Å². The summed E-state index contributed by atoms with van der Waals surface area (Å²) >= 11 is 0. The average Bonchev–Trinajstić information content (AvgIpc) is 3.46. The predicted molar refractivity (Wildman–Crippen MR) is 141 cm³/mol. The molecule has 174 valence electrons. The van der Waals surface area contributed by atoms with Crippen LogP contribution in [0.3, 0.4) is 0 Å². The molecule has 0 unspecified atom stereocenters. The van der Waals surface area contributed by atoms with E-state index < -0.39 is 0 Å². The molecule has 6 nitrogen and oxygen atoms in total. The first kappa shape index (κ1) is 20.8. The Kier molecular flexibility index (Phi) is 4.45. The number of hydrogen-bond donors (Lipinski definition) is 0. The largest absolute Gasteiger partial charge is 0.648 e. The van der Waals surface area contributed by atoms with Crippen molar-refractivity contribution in [1.29, 1.82) is 0 Å². The summed E-state index contributed by atoms with van der Waals surface area (Å²) in [4.78, 5) is 19.4. The van der Waals surface area contributed by atoms with Gasteiger partial charge in [0.1, 0.15) is 5.69 Å². The fraction of sp³-hybridized carbons (Fsp3) is 0.133. The SMILES string of the molecule is CC1(C)c2ccccc2-c2nc(-c3ccnc(-c4nc5c(o4)[N-]CC=C5)c3)nc(-c3ccccc3)c21. The summed E-state index contributed by atoms with van der Waals surface area (Å²) in [7, 11) is 0. The van der Waals surface area contributed by atoms with Gasteiger partial charge in [-0.2, -0.15) is 0 Å². The van der Waals surface area contributed by atoms with E-state index in [1.54, 1.807) is 6.20 Å². The van der Waals surface area contributed by atoms with Crippen LogP contribution < -0.4 is 0 Å². The van der Waals surface area contributed by atoms with Crippen LogP contribution in [0.25, 0.3) is 56.9 Å². The Morgan fingerprint density at radius 1 is 0.861 bits per heavy atom. The number of aromatic nitrogens is 4. The van der Waals surface area contributed by atoms with Gasteiger partial charge in [-0.3, -0.25) is 4.98 Å². The van der Waals surface area contributed by atoms with E-state index in [0.717, 1.165) is 39.3 Å². The van der Waals surface area contributed by atoms with E-state index in [9.17, 15) is 0 Å². The number of nitrogens with zero attached hydrogens (tertiary/aromatic N) is 5. The molecule has 0 bridgehead atoms. The summed E-state index contributed by atoms with van der Waals surface area (Å²) in [6, 6.07) is 22.7. The van der Waals surface area contributed by atoms with Crippen LogP contribution in [0, 0.1) is 0 Å². The molecule has 7 rings (SSSR count). The van der Waals surface area contributed by atoms with E-state index >= 15 is 0 Å². The van der Waals surface area contributed by atoms with Gasteiger partial charge in [0.2, 0.25) is 5.89 Å². The van der Waals surface area contributed by atoms with Crippen molar-refractivity contribution in [1.82, 2.24) is 19.9 Å². The lowest BCUT2D eigenvalue weighted by Crippen LogP contribution is -2.17. The fourth-order valence-electron chi connectivity index (χ4n) is 5.19. The summed E-state index contributed by atoms with van der Waals surface area (Å²) in [5, 5.41) is 4.37. The quantitative estimate of drug-likeness (QED) is 0.280. The Morgan fingerprint density at radius 2 is 1.67 bits per heavy atom. The van der Waals surface area contributed by atoms with Crippen LogP contribution in [0.4, 0.5) is 5.88 Å². The molecule has 0 saturated heterocycles. The van der Waals surface area contributed by atoms with E-state index in [2.05, 4.69) is 65.5 Å². The minimum absolute atomic E-state index is 0.215. The molecule has 0 amide bonds. The Morgan fingerprint density at radius 3 is 2.53 bits per heavy atom. The Balaban J connectivity index is 1.43. The third-order valence-electron chi connectivity index (χ3n) is 6.92. The summed E-state index contributed by atoms with van der Waals surface area (Å²) in [6.45, 7) is 5.10. The summed E-state index contributed by atoms with van der Waals surface area (Å²) in [5.41, 5.74) is 8.56. The van der Waals surface area contributed by atoms with E-state index in [1.807, 2.05) is 42.5 Å². The standard InChI is InChI=1S/C30H22N5O/c1-30(2)21-12-7-6-11-20(21)26-24(30)25(18-9-4-3-5-10-18)34-27(35-26)19-14-16-31-23(17-19)29-33-22-13-8-15-32-28(22)36-29/h3-14,16-17H,15H2,1-2H3/q-1. The maximum absolute atomic E-state index is 5.89. The molecule has 0 spiro atoms. The highest BCUT2D eigenvalue weighted by atomic mass is 16.4. The topological polar surface area (TPSA) is 78.8 Å². The molecule has 1 aliphatic carbocycles. The Hall–Kier alpha value is -4.58. The van der Waals surface area contributed by atoms with Crippen molar-refractivity contribution in [2.24, 2.45) is 0 Å². The molecule has 0 fully saturated rings. The zero-order valence-electron chi connectivity index (χ0n) is 19.9. The normalized spacial score (nSPS) is 14.6. The van der Waals surface area contributed by atoms with Gasteiger partial charge in [0.05, 0.1) is 23.0 Å². The second kappa shape index (κ2) is 7.71. The fourth-order valence-corrected chi connectivity index (χ4v) is 5.19. The number of benzene rings is 2. The second-order valence-electron chi connectivity index (χ2n) is 9.54. The number of pyridine rings is 1. The third-order valence-corrected chi connectivity index (χ3v) is 6.92. The van der Waals surface area contributed by atoms with Gasteiger partial charge in [0.25, 0.3) is 0 Å². The molecule has 36 heavy (non-hydrogen) atoms. The number of oxazole rings is 1. The van der Waals surface area contributed by atoms with Crippen molar-refractivity contribution in [2.45, 2.75) is 19.3 Å². The molecular weight excluding hydrogens is 446 g/mol. The Bertz CT molecular complexity index is 1670. The summed E-state index contributed by atoms with van der Waals surface area (Å²) in [5.74, 6) is 1.62. The predicted octanol–water partition coefficient (Wildman–Crippen LogP) is 7.20. The highest BCUT2D eigenvalue weighted by Gasteiger charge is 2.39. The number of fused-ring (bicyclic) bond motifs is 4. The monoisotopic (exact) mass is 468 g/mol. The highest BCUT2D eigenvalue weighted by Crippen LogP contribution is 2.51. The van der Waals surface area contributed by atoms with Crippen LogP contribution in [0.5, 0.6) is 0 Å². The van der Waals surface area contributed by atoms with Gasteiger partial charge >= 0.3 is 0 Å². The second-order valence-corrected chi connectivity index (χ2v) is 9.54. The molecule has 3 aromatic heterocycles. The van der Waals surface area contributed by atoms with E-state index in [1.165, 1.54) is 5.56 Å². The summed E-state index contributed by atoms with van der Waals surface area (Å²) < 4.78 is 5.89. The summed E-state index contributed by atoms with van der Waals surface area (Å²) in [6.07, 6.45) is 5.63. The molecule has 5 aromatic rings. The van der Waals surface area contributed by atoms with Crippen molar-refractivity contribution < 1.29 is 4.42 Å². The lowest BCUT2D eigenvalue weighted by atomic mass is 9.81. The van der Waals surface area contributed by atoms with Gasteiger partial charge < -0.3 is 9.73 Å². The lowest BCUT2D eigenvalue weighted by molar-refractivity contribution is 0.590. The van der Waals surface area contributed by atoms with Crippen molar-refractivity contribution >= 4 is 12.0 Å². The first-order valence-electron chi connectivity index (χ1n) is 12.0. The molecule has 0 saturated carbocycles. The third kappa shape index (κ3) is 3.11. The van der Waals surface area contributed by atoms with Gasteiger partial charge in [0.15, 0.2) is 5.82 Å². The van der Waals surface area contributed by atoms with Crippen LogP contribution in [-0.2, 0) is 5.41 Å². The molecule has 1 aliphatic heterocycles. The van der Waals surface area contributed by atoms with Crippen molar-refractivity contribution in [2.75, 3.05) is 6.54 Å². The maximum atomic E-state index is 5.89. The van der Waals surface area contributed by atoms with Crippen molar-refractivity contribution in [3.63, 3.8) is 0 Å². The average molecular weight is 469 g/mol. The van der Waals surface area contributed by atoms with Gasteiger partial charge in [-0.25, -0.2) is 15.0 Å². The van der Waals surface area contributed by atoms with Crippen molar-refractivity contribution in [3.8, 4) is 45.5 Å². The zero-order valence-corrected chi connectivity index (χ0v) is 19.9. The Labute approximate surface area is 208 Å². The van der Waals surface area contributed by atoms with Gasteiger partial charge in [-0.05, 0) is 23.8 Å². The van der Waals surface area contributed by atoms with Crippen LogP contribution in [0.15, 0.2) is 83.4 Å². The van der Waals surface area contributed by atoms with Gasteiger partial charge in [-0.1, -0.05) is 74.5 Å². The molecule has 2 aromatic carbocycles. The molecule has 0 N–H and O–H groups in total. The smallest absolute Gasteiger partial charge is 0.244 e. The lowest BCUT2D eigenvalue weighted by Gasteiger charge is -2.23. The number of rotatable bonds is 3.